The molecule has 2 rings (SSSR count). The highest BCUT2D eigenvalue weighted by Crippen LogP contribution is 2.24. The van der Waals surface area contributed by atoms with Crippen LogP contribution in [0.15, 0.2) is 40.9 Å². The zero-order valence-electron chi connectivity index (χ0n) is 9.45. The molecule has 0 aliphatic heterocycles. The van der Waals surface area contributed by atoms with Crippen molar-refractivity contribution in [1.29, 1.82) is 0 Å². The molecule has 0 spiro atoms. The SMILES string of the molecule is O=C(Nc1ccc(O)c(F)c1)c1ccc(Br)cc1Cl. The summed E-state index contributed by atoms with van der Waals surface area (Å²) in [6.07, 6.45) is 0. The molecule has 0 aromatic heterocycles. The highest BCUT2D eigenvalue weighted by atomic mass is 79.9. The Hall–Kier alpha value is -1.59. The third kappa shape index (κ3) is 3.24. The van der Waals surface area contributed by atoms with E-state index in [1.54, 1.807) is 18.2 Å². The van der Waals surface area contributed by atoms with Crippen molar-refractivity contribution in [1.82, 2.24) is 0 Å². The summed E-state index contributed by atoms with van der Waals surface area (Å²) in [5.74, 6) is -1.73. The van der Waals surface area contributed by atoms with E-state index in [0.29, 0.717) is 0 Å². The molecule has 98 valence electrons. The van der Waals surface area contributed by atoms with Crippen LogP contribution in [0, 0.1) is 5.82 Å². The van der Waals surface area contributed by atoms with E-state index in [2.05, 4.69) is 21.2 Å². The van der Waals surface area contributed by atoms with E-state index in [1.165, 1.54) is 6.07 Å². The Morgan fingerprint density at radius 3 is 2.63 bits per heavy atom. The molecule has 2 N–H and O–H groups in total. The van der Waals surface area contributed by atoms with Crippen molar-refractivity contribution < 1.29 is 14.3 Å². The van der Waals surface area contributed by atoms with Crippen LogP contribution in [0.1, 0.15) is 10.4 Å². The standard InChI is InChI=1S/C13H8BrClFNO2/c14-7-1-3-9(10(15)5-7)13(19)17-8-2-4-12(18)11(16)6-8/h1-6,18H,(H,17,19). The van der Waals surface area contributed by atoms with E-state index in [-0.39, 0.29) is 16.3 Å². The summed E-state index contributed by atoms with van der Waals surface area (Å²) in [5.41, 5.74) is 0.512. The third-order valence-electron chi connectivity index (χ3n) is 2.38. The van der Waals surface area contributed by atoms with Gasteiger partial charge in [0.1, 0.15) is 0 Å². The van der Waals surface area contributed by atoms with E-state index in [9.17, 15) is 9.18 Å². The molecule has 3 nitrogen and oxygen atoms in total. The van der Waals surface area contributed by atoms with Crippen LogP contribution in [0.4, 0.5) is 10.1 Å². The lowest BCUT2D eigenvalue weighted by atomic mass is 10.2. The Labute approximate surface area is 122 Å². The van der Waals surface area contributed by atoms with Crippen molar-refractivity contribution in [2.75, 3.05) is 5.32 Å². The zero-order valence-corrected chi connectivity index (χ0v) is 11.8. The first-order valence-electron chi connectivity index (χ1n) is 5.22. The molecular formula is C13H8BrClFNO2. The summed E-state index contributed by atoms with van der Waals surface area (Å²) >= 11 is 9.18. The highest BCUT2D eigenvalue weighted by molar-refractivity contribution is 9.10. The maximum atomic E-state index is 13.1. The summed E-state index contributed by atoms with van der Waals surface area (Å²) in [5, 5.41) is 11.8. The number of hydrogen-bond donors (Lipinski definition) is 2. The number of hydrogen-bond acceptors (Lipinski definition) is 2. The van der Waals surface area contributed by atoms with Crippen molar-refractivity contribution in [3.8, 4) is 5.75 Å². The van der Waals surface area contributed by atoms with Crippen LogP contribution in [0.3, 0.4) is 0 Å². The van der Waals surface area contributed by atoms with E-state index >= 15 is 0 Å². The predicted molar refractivity (Wildman–Crippen MR) is 75.2 cm³/mol. The van der Waals surface area contributed by atoms with E-state index in [1.807, 2.05) is 0 Å². The molecule has 1 amide bonds. The summed E-state index contributed by atoms with van der Waals surface area (Å²) in [6, 6.07) is 8.40. The van der Waals surface area contributed by atoms with Crippen molar-refractivity contribution >= 4 is 39.1 Å². The number of amides is 1. The molecular weight excluding hydrogens is 337 g/mol. The second-order valence-corrected chi connectivity index (χ2v) is 5.07. The van der Waals surface area contributed by atoms with Crippen LogP contribution in [0.2, 0.25) is 5.02 Å². The summed E-state index contributed by atoms with van der Waals surface area (Å²) in [7, 11) is 0. The van der Waals surface area contributed by atoms with Crippen LogP contribution >= 0.6 is 27.5 Å². The second kappa shape index (κ2) is 5.59. The first-order chi connectivity index (χ1) is 8.97. The fraction of sp³-hybridized carbons (Fsp3) is 0. The lowest BCUT2D eigenvalue weighted by molar-refractivity contribution is 0.102. The molecule has 2 aromatic carbocycles. The molecule has 0 fully saturated rings. The average molecular weight is 345 g/mol. The van der Waals surface area contributed by atoms with Gasteiger partial charge in [0, 0.05) is 16.2 Å². The van der Waals surface area contributed by atoms with Gasteiger partial charge in [-0.2, -0.15) is 0 Å². The first kappa shape index (κ1) is 13.8. The van der Waals surface area contributed by atoms with Gasteiger partial charge in [-0.15, -0.1) is 0 Å². The van der Waals surface area contributed by atoms with Gasteiger partial charge in [0.2, 0.25) is 0 Å². The summed E-state index contributed by atoms with van der Waals surface area (Å²) < 4.78 is 13.9. The van der Waals surface area contributed by atoms with Crippen molar-refractivity contribution in [3.05, 3.63) is 57.3 Å². The molecule has 19 heavy (non-hydrogen) atoms. The Bertz CT molecular complexity index is 649. The molecule has 0 aliphatic carbocycles. The topological polar surface area (TPSA) is 49.3 Å². The predicted octanol–water partition coefficient (Wildman–Crippen LogP) is 4.20. The fourth-order valence-electron chi connectivity index (χ4n) is 1.46. The molecule has 0 heterocycles. The van der Waals surface area contributed by atoms with E-state index in [0.717, 1.165) is 16.6 Å². The van der Waals surface area contributed by atoms with Crippen molar-refractivity contribution in [2.45, 2.75) is 0 Å². The molecule has 0 bridgehead atoms. The maximum absolute atomic E-state index is 13.1. The molecule has 0 atom stereocenters. The van der Waals surface area contributed by atoms with Gasteiger partial charge in [-0.05, 0) is 30.3 Å². The van der Waals surface area contributed by atoms with Crippen LogP contribution in [-0.2, 0) is 0 Å². The molecule has 6 heteroatoms. The van der Waals surface area contributed by atoms with Gasteiger partial charge in [-0.1, -0.05) is 27.5 Å². The summed E-state index contributed by atoms with van der Waals surface area (Å²) in [4.78, 5) is 11.9. The number of nitrogens with one attached hydrogen (secondary N) is 1. The van der Waals surface area contributed by atoms with Gasteiger partial charge in [0.15, 0.2) is 11.6 Å². The molecule has 2 aromatic rings. The van der Waals surface area contributed by atoms with Gasteiger partial charge in [-0.3, -0.25) is 4.79 Å². The monoisotopic (exact) mass is 343 g/mol. The number of benzene rings is 2. The average Bonchev–Trinajstić information content (AvgIpc) is 2.33. The zero-order chi connectivity index (χ0) is 14.0. The Kier molecular flexibility index (Phi) is 4.07. The van der Waals surface area contributed by atoms with E-state index in [4.69, 9.17) is 16.7 Å². The fourth-order valence-corrected chi connectivity index (χ4v) is 2.22. The number of carbonyl (C=O) groups excluding carboxylic acids is 1. The van der Waals surface area contributed by atoms with Gasteiger partial charge in [0.05, 0.1) is 10.6 Å². The van der Waals surface area contributed by atoms with Crippen LogP contribution in [0.5, 0.6) is 5.75 Å². The molecule has 0 radical (unpaired) electrons. The van der Waals surface area contributed by atoms with Crippen LogP contribution in [0.25, 0.3) is 0 Å². The normalized spacial score (nSPS) is 10.3. The number of carbonyl (C=O) groups is 1. The quantitative estimate of drug-likeness (QED) is 0.802. The maximum Gasteiger partial charge on any atom is 0.257 e. The third-order valence-corrected chi connectivity index (χ3v) is 3.19. The van der Waals surface area contributed by atoms with Crippen molar-refractivity contribution in [3.63, 3.8) is 0 Å². The number of rotatable bonds is 2. The molecule has 0 saturated carbocycles. The Morgan fingerprint density at radius 1 is 1.26 bits per heavy atom. The highest BCUT2D eigenvalue weighted by Gasteiger charge is 2.11. The largest absolute Gasteiger partial charge is 0.505 e. The Morgan fingerprint density at radius 2 is 2.00 bits per heavy atom. The number of phenols is 1. The van der Waals surface area contributed by atoms with Gasteiger partial charge in [0.25, 0.3) is 5.91 Å². The van der Waals surface area contributed by atoms with Crippen LogP contribution in [-0.4, -0.2) is 11.0 Å². The number of aromatic hydroxyl groups is 1. The minimum Gasteiger partial charge on any atom is -0.505 e. The van der Waals surface area contributed by atoms with Crippen molar-refractivity contribution in [2.24, 2.45) is 0 Å². The van der Waals surface area contributed by atoms with Gasteiger partial charge >= 0.3 is 0 Å². The van der Waals surface area contributed by atoms with Crippen LogP contribution < -0.4 is 5.32 Å². The summed E-state index contributed by atoms with van der Waals surface area (Å²) in [6.45, 7) is 0. The van der Waals surface area contributed by atoms with Gasteiger partial charge in [-0.25, -0.2) is 4.39 Å². The number of phenolic OH excluding ortho intramolecular Hbond substituents is 1. The lowest BCUT2D eigenvalue weighted by Crippen LogP contribution is -2.12. The lowest BCUT2D eigenvalue weighted by Gasteiger charge is -2.07. The smallest absolute Gasteiger partial charge is 0.257 e. The number of halogens is 3. The minimum atomic E-state index is -0.806. The number of anilines is 1. The Balaban J connectivity index is 2.23. The molecule has 0 unspecified atom stereocenters. The van der Waals surface area contributed by atoms with Gasteiger partial charge < -0.3 is 10.4 Å². The molecule has 0 saturated heterocycles. The second-order valence-electron chi connectivity index (χ2n) is 3.74. The molecule has 0 aliphatic rings. The first-order valence-corrected chi connectivity index (χ1v) is 6.39. The minimum absolute atomic E-state index is 0.235. The van der Waals surface area contributed by atoms with E-state index < -0.39 is 17.5 Å².